The Balaban J connectivity index is 2.00. The number of methoxy groups -OCH3 is 1. The maximum atomic E-state index is 12.4. The lowest BCUT2D eigenvalue weighted by Crippen LogP contribution is -2.51. The number of carbonyl (C=O) groups is 1. The average molecular weight is 291 g/mol. The molecule has 0 spiro atoms. The van der Waals surface area contributed by atoms with Crippen molar-refractivity contribution in [2.45, 2.75) is 25.8 Å². The Bertz CT molecular complexity index is 478. The molecule has 2 N–H and O–H groups in total. The van der Waals surface area contributed by atoms with Gasteiger partial charge < -0.3 is 20.3 Å². The molecule has 0 aromatic heterocycles. The minimum atomic E-state index is -0.0486. The van der Waals surface area contributed by atoms with E-state index in [9.17, 15) is 4.79 Å². The van der Waals surface area contributed by atoms with Gasteiger partial charge in [-0.15, -0.1) is 0 Å². The van der Waals surface area contributed by atoms with Crippen molar-refractivity contribution in [1.82, 2.24) is 10.2 Å². The van der Waals surface area contributed by atoms with Crippen LogP contribution in [0.3, 0.4) is 0 Å². The van der Waals surface area contributed by atoms with E-state index in [2.05, 4.69) is 17.6 Å². The number of amides is 2. The lowest BCUT2D eigenvalue weighted by molar-refractivity contribution is 0.154. The molecule has 1 fully saturated rings. The summed E-state index contributed by atoms with van der Waals surface area (Å²) in [4.78, 5) is 14.3. The number of carbonyl (C=O) groups excluding carboxylic acids is 1. The lowest BCUT2D eigenvalue weighted by atomic mass is 9.90. The first kappa shape index (κ1) is 15.6. The normalized spacial score (nSPS) is 22.0. The van der Waals surface area contributed by atoms with E-state index in [0.29, 0.717) is 23.4 Å². The Morgan fingerprint density at radius 2 is 2.19 bits per heavy atom. The van der Waals surface area contributed by atoms with Crippen molar-refractivity contribution in [3.8, 4) is 5.75 Å². The molecule has 0 radical (unpaired) electrons. The highest BCUT2D eigenvalue weighted by Crippen LogP contribution is 2.25. The monoisotopic (exact) mass is 291 g/mol. The van der Waals surface area contributed by atoms with E-state index >= 15 is 0 Å². The summed E-state index contributed by atoms with van der Waals surface area (Å²) < 4.78 is 5.27. The van der Waals surface area contributed by atoms with Gasteiger partial charge in [-0.3, -0.25) is 0 Å². The van der Waals surface area contributed by atoms with Gasteiger partial charge in [0.15, 0.2) is 0 Å². The van der Waals surface area contributed by atoms with Gasteiger partial charge in [0.25, 0.3) is 0 Å². The van der Waals surface area contributed by atoms with Gasteiger partial charge in [-0.2, -0.15) is 0 Å². The molecule has 1 aliphatic heterocycles. The van der Waals surface area contributed by atoms with Crippen LogP contribution in [0.2, 0.25) is 0 Å². The summed E-state index contributed by atoms with van der Waals surface area (Å²) in [7, 11) is 3.61. The van der Waals surface area contributed by atoms with E-state index < -0.39 is 0 Å². The Morgan fingerprint density at radius 3 is 2.86 bits per heavy atom. The van der Waals surface area contributed by atoms with E-state index in [-0.39, 0.29) is 6.03 Å². The van der Waals surface area contributed by atoms with Crippen LogP contribution in [0.25, 0.3) is 0 Å². The molecule has 0 bridgehead atoms. The summed E-state index contributed by atoms with van der Waals surface area (Å²) in [6.45, 7) is 3.75. The van der Waals surface area contributed by atoms with Crippen LogP contribution in [-0.2, 0) is 0 Å². The third kappa shape index (κ3) is 3.67. The number of nitrogens with zero attached hydrogens (tertiary/aromatic N) is 1. The first-order valence-corrected chi connectivity index (χ1v) is 7.55. The van der Waals surface area contributed by atoms with Crippen LogP contribution in [0.4, 0.5) is 10.5 Å². The maximum absolute atomic E-state index is 12.4. The summed E-state index contributed by atoms with van der Waals surface area (Å²) in [6.07, 6.45) is 2.07. The summed E-state index contributed by atoms with van der Waals surface area (Å²) in [5.41, 5.74) is 0.716. The predicted octanol–water partition coefficient (Wildman–Crippen LogP) is 2.55. The van der Waals surface area contributed by atoms with Crippen LogP contribution in [0, 0.1) is 5.92 Å². The van der Waals surface area contributed by atoms with Gasteiger partial charge in [-0.1, -0.05) is 25.5 Å². The third-order valence-corrected chi connectivity index (χ3v) is 4.26. The molecule has 1 saturated heterocycles. The molecule has 2 rings (SSSR count). The van der Waals surface area contributed by atoms with Crippen molar-refractivity contribution in [1.29, 1.82) is 0 Å². The van der Waals surface area contributed by atoms with Crippen molar-refractivity contribution in [3.63, 3.8) is 0 Å². The van der Waals surface area contributed by atoms with Gasteiger partial charge in [-0.05, 0) is 31.5 Å². The fraction of sp³-hybridized carbons (Fsp3) is 0.562. The number of nitrogens with one attached hydrogen (secondary N) is 2. The molecule has 1 aromatic rings. The molecule has 2 atom stereocenters. The second-order valence-electron chi connectivity index (χ2n) is 5.43. The standard InChI is InChI=1S/C16H25N3O2/c1-4-12-11-19(10-9-13(12)17-2)16(20)18-14-7-5-6-8-15(14)21-3/h5-8,12-13,17H,4,9-11H2,1-3H3,(H,18,20). The molecule has 5 heteroatoms. The SMILES string of the molecule is CCC1CN(C(=O)Nc2ccccc2OC)CCC1NC. The number of benzene rings is 1. The van der Waals surface area contributed by atoms with Crippen molar-refractivity contribution >= 4 is 11.7 Å². The van der Waals surface area contributed by atoms with E-state index in [0.717, 1.165) is 25.9 Å². The van der Waals surface area contributed by atoms with Gasteiger partial charge in [0.1, 0.15) is 5.75 Å². The number of piperidine rings is 1. The maximum Gasteiger partial charge on any atom is 0.321 e. The minimum absolute atomic E-state index is 0.0486. The molecule has 1 aliphatic rings. The number of hydrogen-bond acceptors (Lipinski definition) is 3. The fourth-order valence-corrected chi connectivity index (χ4v) is 2.95. The van der Waals surface area contributed by atoms with Gasteiger partial charge in [0.05, 0.1) is 12.8 Å². The molecule has 1 heterocycles. The number of para-hydroxylation sites is 2. The van der Waals surface area contributed by atoms with Crippen LogP contribution in [0.15, 0.2) is 24.3 Å². The Hall–Kier alpha value is -1.75. The van der Waals surface area contributed by atoms with Crippen LogP contribution in [0.5, 0.6) is 5.75 Å². The molecule has 0 saturated carbocycles. The molecule has 2 unspecified atom stereocenters. The topological polar surface area (TPSA) is 53.6 Å². The van der Waals surface area contributed by atoms with Crippen LogP contribution >= 0.6 is 0 Å². The molecule has 1 aromatic carbocycles. The minimum Gasteiger partial charge on any atom is -0.495 e. The Kier molecular flexibility index (Phi) is 5.44. The average Bonchev–Trinajstić information content (AvgIpc) is 2.54. The zero-order valence-electron chi connectivity index (χ0n) is 13.1. The van der Waals surface area contributed by atoms with Crippen LogP contribution in [0.1, 0.15) is 19.8 Å². The molecule has 116 valence electrons. The molecular weight excluding hydrogens is 266 g/mol. The largest absolute Gasteiger partial charge is 0.495 e. The van der Waals surface area contributed by atoms with Crippen molar-refractivity contribution < 1.29 is 9.53 Å². The molecule has 2 amide bonds. The summed E-state index contributed by atoms with van der Waals surface area (Å²) in [5, 5.41) is 6.30. The lowest BCUT2D eigenvalue weighted by Gasteiger charge is -2.38. The number of anilines is 1. The summed E-state index contributed by atoms with van der Waals surface area (Å²) in [5.74, 6) is 1.19. The van der Waals surface area contributed by atoms with Crippen molar-refractivity contribution in [2.24, 2.45) is 5.92 Å². The second-order valence-corrected chi connectivity index (χ2v) is 5.43. The number of rotatable bonds is 4. The molecule has 5 nitrogen and oxygen atoms in total. The molecule has 21 heavy (non-hydrogen) atoms. The first-order chi connectivity index (χ1) is 10.2. The number of hydrogen-bond donors (Lipinski definition) is 2. The van der Waals surface area contributed by atoms with Crippen LogP contribution in [-0.4, -0.2) is 44.2 Å². The Morgan fingerprint density at radius 1 is 1.43 bits per heavy atom. The van der Waals surface area contributed by atoms with E-state index in [1.165, 1.54) is 0 Å². The van der Waals surface area contributed by atoms with Gasteiger partial charge >= 0.3 is 6.03 Å². The first-order valence-electron chi connectivity index (χ1n) is 7.55. The molecule has 0 aliphatic carbocycles. The molecular formula is C16H25N3O2. The summed E-state index contributed by atoms with van der Waals surface area (Å²) in [6, 6.07) is 7.93. The van der Waals surface area contributed by atoms with Gasteiger partial charge in [0, 0.05) is 19.1 Å². The zero-order valence-corrected chi connectivity index (χ0v) is 13.1. The smallest absolute Gasteiger partial charge is 0.321 e. The van der Waals surface area contributed by atoms with E-state index in [1.807, 2.05) is 36.2 Å². The fourth-order valence-electron chi connectivity index (χ4n) is 2.95. The zero-order chi connectivity index (χ0) is 15.2. The van der Waals surface area contributed by atoms with Gasteiger partial charge in [0.2, 0.25) is 0 Å². The highest BCUT2D eigenvalue weighted by Gasteiger charge is 2.29. The van der Waals surface area contributed by atoms with E-state index in [4.69, 9.17) is 4.74 Å². The highest BCUT2D eigenvalue weighted by molar-refractivity contribution is 5.91. The summed E-state index contributed by atoms with van der Waals surface area (Å²) >= 11 is 0. The second kappa shape index (κ2) is 7.31. The number of ether oxygens (including phenoxy) is 1. The van der Waals surface area contributed by atoms with Crippen molar-refractivity contribution in [2.75, 3.05) is 32.6 Å². The van der Waals surface area contributed by atoms with Gasteiger partial charge in [-0.25, -0.2) is 4.79 Å². The van der Waals surface area contributed by atoms with Crippen molar-refractivity contribution in [3.05, 3.63) is 24.3 Å². The predicted molar refractivity (Wildman–Crippen MR) is 84.8 cm³/mol. The quantitative estimate of drug-likeness (QED) is 0.896. The highest BCUT2D eigenvalue weighted by atomic mass is 16.5. The number of likely N-dealkylation sites (tertiary alicyclic amines) is 1. The van der Waals surface area contributed by atoms with E-state index in [1.54, 1.807) is 7.11 Å². The Labute approximate surface area is 126 Å². The number of urea groups is 1. The van der Waals surface area contributed by atoms with Crippen LogP contribution < -0.4 is 15.4 Å². The third-order valence-electron chi connectivity index (χ3n) is 4.26.